The van der Waals surface area contributed by atoms with Crippen molar-refractivity contribution in [2.24, 2.45) is 11.8 Å². The third-order valence-electron chi connectivity index (χ3n) is 3.09. The molecule has 1 aromatic rings. The van der Waals surface area contributed by atoms with E-state index in [1.807, 2.05) is 0 Å². The van der Waals surface area contributed by atoms with Crippen molar-refractivity contribution in [1.82, 2.24) is 0 Å². The Labute approximate surface area is 110 Å². The number of hydrogen-bond donors (Lipinski definition) is 0. The maximum absolute atomic E-state index is 3.65. The van der Waals surface area contributed by atoms with E-state index in [-0.39, 0.29) is 7.92 Å². The summed E-state index contributed by atoms with van der Waals surface area (Å²) in [7, 11) is 0.109. The normalized spacial score (nSPS) is 30.7. The molecule has 1 heterocycles. The molecule has 15 heavy (non-hydrogen) atoms. The highest BCUT2D eigenvalue weighted by atomic mass is 79.9. The lowest BCUT2D eigenvalue weighted by Gasteiger charge is -2.11. The molecule has 0 aliphatic carbocycles. The van der Waals surface area contributed by atoms with E-state index in [1.165, 1.54) is 12.3 Å². The summed E-state index contributed by atoms with van der Waals surface area (Å²) < 4.78 is 0. The van der Waals surface area contributed by atoms with E-state index in [1.54, 1.807) is 5.30 Å². The molecular weight excluding hydrogens is 335 g/mol. The quantitative estimate of drug-likeness (QED) is 0.574. The lowest BCUT2D eigenvalue weighted by molar-refractivity contribution is 0.516. The van der Waals surface area contributed by atoms with Crippen molar-refractivity contribution < 1.29 is 0 Å². The number of alkyl halides is 2. The highest BCUT2D eigenvalue weighted by Gasteiger charge is 2.32. The van der Waals surface area contributed by atoms with Crippen LogP contribution in [0.25, 0.3) is 0 Å². The predicted octanol–water partition coefficient (Wildman–Crippen LogP) is 3.83. The lowest BCUT2D eigenvalue weighted by Crippen LogP contribution is -2.14. The maximum atomic E-state index is 3.65. The van der Waals surface area contributed by atoms with E-state index < -0.39 is 0 Å². The molecule has 0 N–H and O–H groups in total. The Morgan fingerprint density at radius 2 is 1.53 bits per heavy atom. The van der Waals surface area contributed by atoms with Crippen LogP contribution in [0.3, 0.4) is 0 Å². The number of hydrogen-bond acceptors (Lipinski definition) is 0. The molecule has 0 saturated carbocycles. The van der Waals surface area contributed by atoms with Gasteiger partial charge in [0.2, 0.25) is 0 Å². The first-order valence-electron chi connectivity index (χ1n) is 5.27. The summed E-state index contributed by atoms with van der Waals surface area (Å²) >= 11 is 7.29. The number of rotatable bonds is 3. The molecule has 3 atom stereocenters. The highest BCUT2D eigenvalue weighted by Crippen LogP contribution is 2.49. The zero-order valence-corrected chi connectivity index (χ0v) is 12.6. The van der Waals surface area contributed by atoms with E-state index >= 15 is 0 Å². The van der Waals surface area contributed by atoms with Crippen LogP contribution in [0.1, 0.15) is 0 Å². The first-order valence-corrected chi connectivity index (χ1v) is 9.22. The molecule has 1 aromatic carbocycles. The SMILES string of the molecule is BrC[C@@H]1CP(c2ccccc2)C[C@@H]1CBr. The molecule has 0 nitrogen and oxygen atoms in total. The van der Waals surface area contributed by atoms with Gasteiger partial charge in [-0.1, -0.05) is 70.1 Å². The third kappa shape index (κ3) is 2.84. The highest BCUT2D eigenvalue weighted by molar-refractivity contribution is 9.09. The van der Waals surface area contributed by atoms with Gasteiger partial charge < -0.3 is 0 Å². The molecule has 0 radical (unpaired) electrons. The Balaban J connectivity index is 2.08. The Bertz CT molecular complexity index is 290. The van der Waals surface area contributed by atoms with Gasteiger partial charge >= 0.3 is 0 Å². The van der Waals surface area contributed by atoms with Crippen LogP contribution in [-0.4, -0.2) is 23.0 Å². The smallest absolute Gasteiger partial charge is 0.00662 e. The molecule has 1 aliphatic rings. The minimum absolute atomic E-state index is 0.109. The van der Waals surface area contributed by atoms with Gasteiger partial charge in [0.05, 0.1) is 0 Å². The van der Waals surface area contributed by atoms with Crippen LogP contribution in [0.4, 0.5) is 0 Å². The Morgan fingerprint density at radius 1 is 1.00 bits per heavy atom. The van der Waals surface area contributed by atoms with Crippen LogP contribution in [-0.2, 0) is 0 Å². The first kappa shape index (κ1) is 12.1. The van der Waals surface area contributed by atoms with Gasteiger partial charge in [-0.15, -0.1) is 0 Å². The van der Waals surface area contributed by atoms with Gasteiger partial charge in [-0.05, 0) is 29.5 Å². The summed E-state index contributed by atoms with van der Waals surface area (Å²) in [4.78, 5) is 0. The van der Waals surface area contributed by atoms with Gasteiger partial charge in [0.1, 0.15) is 0 Å². The summed E-state index contributed by atoms with van der Waals surface area (Å²) in [6.07, 6.45) is 2.81. The second-order valence-corrected chi connectivity index (χ2v) is 7.69. The molecule has 1 unspecified atom stereocenters. The topological polar surface area (TPSA) is 0 Å². The van der Waals surface area contributed by atoms with E-state index in [0.717, 1.165) is 22.5 Å². The van der Waals surface area contributed by atoms with Gasteiger partial charge in [-0.3, -0.25) is 0 Å². The zero-order valence-electron chi connectivity index (χ0n) is 8.57. The van der Waals surface area contributed by atoms with E-state index in [2.05, 4.69) is 62.2 Å². The largest absolute Gasteiger partial charge is 0.0925 e. The van der Waals surface area contributed by atoms with Crippen LogP contribution < -0.4 is 5.30 Å². The van der Waals surface area contributed by atoms with Crippen LogP contribution in [0.5, 0.6) is 0 Å². The summed E-state index contributed by atoms with van der Waals surface area (Å²) in [5.74, 6) is 1.74. The molecule has 0 bridgehead atoms. The van der Waals surface area contributed by atoms with Gasteiger partial charge in [0.25, 0.3) is 0 Å². The minimum atomic E-state index is 0.109. The average molecular weight is 350 g/mol. The monoisotopic (exact) mass is 348 g/mol. The van der Waals surface area contributed by atoms with Crippen LogP contribution in [0.15, 0.2) is 30.3 Å². The second-order valence-electron chi connectivity index (χ2n) is 4.07. The van der Waals surface area contributed by atoms with Gasteiger partial charge in [-0.25, -0.2) is 0 Å². The molecule has 0 amide bonds. The molecule has 1 aliphatic heterocycles. The fourth-order valence-electron chi connectivity index (χ4n) is 2.14. The summed E-state index contributed by atoms with van der Waals surface area (Å²) in [6, 6.07) is 11.0. The fourth-order valence-corrected chi connectivity index (χ4v) is 7.51. The number of halogens is 2. The van der Waals surface area contributed by atoms with Crippen LogP contribution in [0.2, 0.25) is 0 Å². The van der Waals surface area contributed by atoms with Crippen LogP contribution in [0, 0.1) is 11.8 Å². The van der Waals surface area contributed by atoms with Gasteiger partial charge in [-0.2, -0.15) is 0 Å². The van der Waals surface area contributed by atoms with Crippen molar-refractivity contribution >= 4 is 45.1 Å². The van der Waals surface area contributed by atoms with E-state index in [9.17, 15) is 0 Å². The lowest BCUT2D eigenvalue weighted by atomic mass is 10.0. The molecule has 0 aromatic heterocycles. The molecule has 1 saturated heterocycles. The fraction of sp³-hybridized carbons (Fsp3) is 0.500. The van der Waals surface area contributed by atoms with Crippen molar-refractivity contribution in [1.29, 1.82) is 0 Å². The zero-order chi connectivity index (χ0) is 10.7. The Hall–Kier alpha value is 0.610. The molecule has 3 heteroatoms. The summed E-state index contributed by atoms with van der Waals surface area (Å²) in [6.45, 7) is 0. The third-order valence-corrected chi connectivity index (χ3v) is 7.61. The van der Waals surface area contributed by atoms with Crippen LogP contribution >= 0.6 is 39.8 Å². The van der Waals surface area contributed by atoms with Crippen molar-refractivity contribution in [3.8, 4) is 0 Å². The van der Waals surface area contributed by atoms with Crippen molar-refractivity contribution in [3.63, 3.8) is 0 Å². The number of benzene rings is 1. The summed E-state index contributed by atoms with van der Waals surface area (Å²) in [5.41, 5.74) is 0. The molecular formula is C12H15Br2P. The average Bonchev–Trinajstić information content (AvgIpc) is 2.73. The molecule has 0 spiro atoms. The predicted molar refractivity (Wildman–Crippen MR) is 77.3 cm³/mol. The Morgan fingerprint density at radius 3 is 2.00 bits per heavy atom. The van der Waals surface area contributed by atoms with Crippen molar-refractivity contribution in [3.05, 3.63) is 30.3 Å². The van der Waals surface area contributed by atoms with E-state index in [4.69, 9.17) is 0 Å². The van der Waals surface area contributed by atoms with Crippen molar-refractivity contribution in [2.45, 2.75) is 0 Å². The molecule has 2 rings (SSSR count). The summed E-state index contributed by atoms with van der Waals surface area (Å²) in [5, 5.41) is 3.91. The minimum Gasteiger partial charge on any atom is -0.0925 e. The second kappa shape index (κ2) is 5.80. The Kier molecular flexibility index (Phi) is 4.67. The molecule has 1 fully saturated rings. The van der Waals surface area contributed by atoms with Crippen molar-refractivity contribution in [2.75, 3.05) is 23.0 Å². The maximum Gasteiger partial charge on any atom is 0.00662 e. The van der Waals surface area contributed by atoms with Gasteiger partial charge in [0, 0.05) is 10.7 Å². The molecule has 82 valence electrons. The van der Waals surface area contributed by atoms with Gasteiger partial charge in [0.15, 0.2) is 0 Å². The van der Waals surface area contributed by atoms with E-state index in [0.29, 0.717) is 0 Å². The first-order chi connectivity index (χ1) is 7.35. The standard InChI is InChI=1S/C12H15Br2P/c13-6-10-8-15(9-11(10)7-14)12-4-2-1-3-5-12/h1-5,10-11H,6-9H2/t10-,11+,15?.